The van der Waals surface area contributed by atoms with Crippen LogP contribution < -0.4 is 21.1 Å². The molecule has 42 heavy (non-hydrogen) atoms. The van der Waals surface area contributed by atoms with Gasteiger partial charge in [-0.3, -0.25) is 14.4 Å². The fourth-order valence-electron chi connectivity index (χ4n) is 4.62. The first-order valence-corrected chi connectivity index (χ1v) is 14.2. The van der Waals surface area contributed by atoms with Crippen LogP contribution in [-0.2, 0) is 25.7 Å². The molecular formula is C31H40N6O5. The van der Waals surface area contributed by atoms with E-state index in [0.717, 1.165) is 29.7 Å². The van der Waals surface area contributed by atoms with E-state index in [4.69, 9.17) is 15.2 Å². The van der Waals surface area contributed by atoms with Crippen molar-refractivity contribution < 1.29 is 23.9 Å². The Morgan fingerprint density at radius 2 is 1.74 bits per heavy atom. The number of nitrogens with zero attached hydrogens (tertiary/aromatic N) is 3. The van der Waals surface area contributed by atoms with Crippen LogP contribution in [0.15, 0.2) is 67.1 Å². The van der Waals surface area contributed by atoms with Crippen LogP contribution in [0.3, 0.4) is 0 Å². The third-order valence-electron chi connectivity index (χ3n) is 6.91. The Morgan fingerprint density at radius 3 is 2.38 bits per heavy atom. The molecule has 1 fully saturated rings. The van der Waals surface area contributed by atoms with Crippen molar-refractivity contribution in [2.24, 2.45) is 5.73 Å². The number of hydrogen-bond donors (Lipinski definition) is 3. The summed E-state index contributed by atoms with van der Waals surface area (Å²) in [6.45, 7) is 7.16. The molecular weight excluding hydrogens is 536 g/mol. The number of nitrogens with two attached hydrogens (primary N) is 1. The third-order valence-corrected chi connectivity index (χ3v) is 6.91. The van der Waals surface area contributed by atoms with Crippen molar-refractivity contribution in [3.63, 3.8) is 0 Å². The molecule has 2 atom stereocenters. The van der Waals surface area contributed by atoms with Crippen LogP contribution in [0.25, 0.3) is 0 Å². The van der Waals surface area contributed by atoms with Crippen molar-refractivity contribution in [3.05, 3.63) is 78.2 Å². The van der Waals surface area contributed by atoms with Crippen LogP contribution in [0, 0.1) is 0 Å². The molecule has 1 aromatic heterocycles. The molecule has 0 aliphatic carbocycles. The zero-order valence-corrected chi connectivity index (χ0v) is 24.4. The van der Waals surface area contributed by atoms with E-state index in [1.807, 2.05) is 66.4 Å². The van der Waals surface area contributed by atoms with Gasteiger partial charge in [0.1, 0.15) is 17.8 Å². The van der Waals surface area contributed by atoms with Crippen LogP contribution in [0.4, 0.5) is 5.82 Å². The Kier molecular flexibility index (Phi) is 10.3. The van der Waals surface area contributed by atoms with Gasteiger partial charge in [-0.05, 0) is 56.9 Å². The zero-order chi connectivity index (χ0) is 30.1. The summed E-state index contributed by atoms with van der Waals surface area (Å²) in [6, 6.07) is 15.2. The highest BCUT2D eigenvalue weighted by molar-refractivity contribution is 5.98. The normalized spacial score (nSPS) is 14.7. The van der Waals surface area contributed by atoms with Gasteiger partial charge in [-0.25, -0.2) is 4.98 Å². The highest BCUT2D eigenvalue weighted by Crippen LogP contribution is 2.26. The second kappa shape index (κ2) is 14.1. The average molecular weight is 577 g/mol. The molecule has 3 aromatic rings. The number of hydrogen-bond acceptors (Lipinski definition) is 7. The minimum absolute atomic E-state index is 0.0448. The number of anilines is 1. The predicted molar refractivity (Wildman–Crippen MR) is 159 cm³/mol. The second-order valence-electron chi connectivity index (χ2n) is 10.9. The summed E-state index contributed by atoms with van der Waals surface area (Å²) in [6.07, 6.45) is 5.06. The average Bonchev–Trinajstić information content (AvgIpc) is 3.67. The molecule has 0 spiro atoms. The smallest absolute Gasteiger partial charge is 0.250 e. The number of imidazole rings is 1. The first kappa shape index (κ1) is 30.7. The molecule has 4 rings (SSSR count). The van der Waals surface area contributed by atoms with Crippen molar-refractivity contribution in [1.29, 1.82) is 0 Å². The van der Waals surface area contributed by atoms with Gasteiger partial charge in [0, 0.05) is 19.3 Å². The summed E-state index contributed by atoms with van der Waals surface area (Å²) >= 11 is 0. The highest BCUT2D eigenvalue weighted by atomic mass is 16.5. The lowest BCUT2D eigenvalue weighted by atomic mass is 10.1. The van der Waals surface area contributed by atoms with Crippen LogP contribution >= 0.6 is 0 Å². The number of amides is 3. The molecule has 2 heterocycles. The summed E-state index contributed by atoms with van der Waals surface area (Å²) in [5, 5.41) is 5.44. The zero-order valence-electron chi connectivity index (χ0n) is 24.4. The van der Waals surface area contributed by atoms with E-state index in [1.165, 1.54) is 6.33 Å². The minimum atomic E-state index is -1.19. The van der Waals surface area contributed by atoms with Gasteiger partial charge in [0.05, 0.1) is 31.7 Å². The van der Waals surface area contributed by atoms with E-state index in [1.54, 1.807) is 24.6 Å². The number of aromatic nitrogens is 2. The van der Waals surface area contributed by atoms with Gasteiger partial charge in [0.2, 0.25) is 11.8 Å². The lowest BCUT2D eigenvalue weighted by Crippen LogP contribution is -2.56. The van der Waals surface area contributed by atoms with Crippen LogP contribution in [0.1, 0.15) is 50.8 Å². The lowest BCUT2D eigenvalue weighted by molar-refractivity contribution is -0.132. The van der Waals surface area contributed by atoms with Crippen molar-refractivity contribution in [3.8, 4) is 5.75 Å². The first-order valence-electron chi connectivity index (χ1n) is 14.2. The van der Waals surface area contributed by atoms with E-state index in [2.05, 4.69) is 15.6 Å². The van der Waals surface area contributed by atoms with Gasteiger partial charge >= 0.3 is 0 Å². The van der Waals surface area contributed by atoms with Gasteiger partial charge in [0.25, 0.3) is 5.91 Å². The van der Waals surface area contributed by atoms with Crippen LogP contribution in [-0.4, -0.2) is 70.1 Å². The molecule has 0 radical (unpaired) electrons. The van der Waals surface area contributed by atoms with E-state index in [-0.39, 0.29) is 24.9 Å². The molecule has 1 saturated heterocycles. The SMILES string of the molecule is CCOc1ccc(C(C(=O)N2CCCC2)n2cnc(NC(=O)[C@@H](COCc3ccccc3)NC(=O)C(C)(C)N)c2)cc1. The molecule has 2 aromatic carbocycles. The number of ether oxygens (including phenoxy) is 2. The predicted octanol–water partition coefficient (Wildman–Crippen LogP) is 2.87. The molecule has 4 N–H and O–H groups in total. The van der Waals surface area contributed by atoms with Gasteiger partial charge in [0.15, 0.2) is 5.82 Å². The maximum absolute atomic E-state index is 13.6. The Bertz CT molecular complexity index is 1330. The fourth-order valence-corrected chi connectivity index (χ4v) is 4.62. The topological polar surface area (TPSA) is 141 Å². The Hall–Kier alpha value is -4.22. The number of likely N-dealkylation sites (tertiary alicyclic amines) is 1. The van der Waals surface area contributed by atoms with Gasteiger partial charge < -0.3 is 35.3 Å². The second-order valence-corrected chi connectivity index (χ2v) is 10.9. The number of carbonyl (C=O) groups excluding carboxylic acids is 3. The quantitative estimate of drug-likeness (QED) is 0.284. The molecule has 0 bridgehead atoms. The fraction of sp³-hybridized carbons (Fsp3) is 0.419. The monoisotopic (exact) mass is 576 g/mol. The molecule has 11 nitrogen and oxygen atoms in total. The molecule has 224 valence electrons. The number of nitrogens with one attached hydrogen (secondary N) is 2. The maximum atomic E-state index is 13.6. The molecule has 3 amide bonds. The largest absolute Gasteiger partial charge is 0.494 e. The van der Waals surface area contributed by atoms with Crippen molar-refractivity contribution in [2.45, 2.75) is 57.8 Å². The lowest BCUT2D eigenvalue weighted by Gasteiger charge is -2.24. The number of carbonyl (C=O) groups is 3. The van der Waals surface area contributed by atoms with Crippen LogP contribution in [0.2, 0.25) is 0 Å². The molecule has 11 heteroatoms. The van der Waals surface area contributed by atoms with E-state index in [0.29, 0.717) is 19.7 Å². The van der Waals surface area contributed by atoms with Gasteiger partial charge in [-0.15, -0.1) is 0 Å². The van der Waals surface area contributed by atoms with Crippen molar-refractivity contribution in [1.82, 2.24) is 19.8 Å². The van der Waals surface area contributed by atoms with E-state index in [9.17, 15) is 14.4 Å². The number of benzene rings is 2. The van der Waals surface area contributed by atoms with E-state index >= 15 is 0 Å². The minimum Gasteiger partial charge on any atom is -0.494 e. The van der Waals surface area contributed by atoms with Crippen LogP contribution in [0.5, 0.6) is 5.75 Å². The molecule has 1 unspecified atom stereocenters. The molecule has 1 aliphatic rings. The summed E-state index contributed by atoms with van der Waals surface area (Å²) in [4.78, 5) is 45.8. The summed E-state index contributed by atoms with van der Waals surface area (Å²) in [7, 11) is 0. The molecule has 0 saturated carbocycles. The Balaban J connectivity index is 1.51. The van der Waals surface area contributed by atoms with E-state index < -0.39 is 29.4 Å². The first-order chi connectivity index (χ1) is 20.2. The third kappa shape index (κ3) is 8.17. The van der Waals surface area contributed by atoms with Gasteiger partial charge in [-0.2, -0.15) is 0 Å². The summed E-state index contributed by atoms with van der Waals surface area (Å²) in [5.74, 6) is -0.107. The number of rotatable bonds is 13. The van der Waals surface area contributed by atoms with Gasteiger partial charge in [-0.1, -0.05) is 42.5 Å². The molecule has 1 aliphatic heterocycles. The van der Waals surface area contributed by atoms with Crippen molar-refractivity contribution in [2.75, 3.05) is 31.6 Å². The Morgan fingerprint density at radius 1 is 1.05 bits per heavy atom. The maximum Gasteiger partial charge on any atom is 0.250 e. The summed E-state index contributed by atoms with van der Waals surface area (Å²) in [5.41, 5.74) is 6.47. The van der Waals surface area contributed by atoms with Crippen molar-refractivity contribution >= 4 is 23.5 Å². The summed E-state index contributed by atoms with van der Waals surface area (Å²) < 4.78 is 13.0. The standard InChI is InChI=1S/C31H40N6O5/c1-4-42-24-14-12-23(13-15-24)27(29(39)36-16-8-9-17-36)37-18-26(33-21-37)35-28(38)25(34-30(40)31(2,3)32)20-41-19-22-10-6-5-7-11-22/h5-7,10-15,18,21,25,27H,4,8-9,16-17,19-20,32H2,1-3H3,(H,34,40)(H,35,38)/t25-,27?/m1/s1. The highest BCUT2D eigenvalue weighted by Gasteiger charge is 2.31. The Labute approximate surface area is 246 Å².